The molecule has 1 aromatic carbocycles. The van der Waals surface area contributed by atoms with Gasteiger partial charge in [-0.2, -0.15) is 5.10 Å². The summed E-state index contributed by atoms with van der Waals surface area (Å²) in [6, 6.07) is 9.50. The van der Waals surface area contributed by atoms with Gasteiger partial charge < -0.3 is 5.11 Å². The summed E-state index contributed by atoms with van der Waals surface area (Å²) in [4.78, 5) is 0. The number of aromatic nitrogens is 2. The lowest BCUT2D eigenvalue weighted by Crippen LogP contribution is -2.00. The molecule has 0 radical (unpaired) electrons. The molecule has 0 spiro atoms. The topological polar surface area (TPSA) is 48.9 Å². The van der Waals surface area contributed by atoms with Crippen LogP contribution in [0.15, 0.2) is 34.8 Å². The molecule has 2 aromatic rings. The molecule has 1 aromatic heterocycles. The maximum absolute atomic E-state index is 10.2. The highest BCUT2D eigenvalue weighted by molar-refractivity contribution is 9.10. The number of aliphatic hydroxyl groups is 1. The van der Waals surface area contributed by atoms with Gasteiger partial charge in [0, 0.05) is 5.69 Å². The van der Waals surface area contributed by atoms with E-state index >= 15 is 0 Å². The second-order valence-corrected chi connectivity index (χ2v) is 4.36. The molecule has 0 saturated heterocycles. The number of H-pyrrole nitrogens is 1. The van der Waals surface area contributed by atoms with E-state index in [2.05, 4.69) is 26.1 Å². The first-order valence-corrected chi connectivity index (χ1v) is 5.99. The van der Waals surface area contributed by atoms with E-state index in [1.54, 1.807) is 0 Å². The van der Waals surface area contributed by atoms with Crippen LogP contribution in [0, 0.1) is 0 Å². The van der Waals surface area contributed by atoms with E-state index in [-0.39, 0.29) is 0 Å². The molecule has 0 aliphatic rings. The lowest BCUT2D eigenvalue weighted by Gasteiger charge is -2.08. The maximum atomic E-state index is 10.2. The van der Waals surface area contributed by atoms with E-state index in [1.807, 2.05) is 37.3 Å². The van der Waals surface area contributed by atoms with Crippen molar-refractivity contribution in [2.24, 2.45) is 0 Å². The number of rotatable bonds is 3. The van der Waals surface area contributed by atoms with Gasteiger partial charge in [0.1, 0.15) is 11.8 Å². The molecule has 0 fully saturated rings. The Morgan fingerprint density at radius 2 is 2.06 bits per heavy atom. The summed E-state index contributed by atoms with van der Waals surface area (Å²) >= 11 is 3.46. The standard InChI is InChI=1S/C12H13BrN2O/c1-2-9-10(13)11(15-14-9)12(16)8-6-4-3-5-7-8/h3-7,12,16H,2H2,1H3,(H,14,15). The summed E-state index contributed by atoms with van der Waals surface area (Å²) in [6.45, 7) is 2.04. The monoisotopic (exact) mass is 280 g/mol. The van der Waals surface area contributed by atoms with Crippen LogP contribution in [0.3, 0.4) is 0 Å². The number of nitrogens with zero attached hydrogens (tertiary/aromatic N) is 1. The SMILES string of the molecule is CCc1[nH]nc(C(O)c2ccccc2)c1Br. The van der Waals surface area contributed by atoms with Crippen LogP contribution in [0.1, 0.15) is 30.0 Å². The number of aromatic amines is 1. The van der Waals surface area contributed by atoms with Crippen LogP contribution in [0.2, 0.25) is 0 Å². The van der Waals surface area contributed by atoms with Crippen molar-refractivity contribution >= 4 is 15.9 Å². The van der Waals surface area contributed by atoms with E-state index < -0.39 is 6.10 Å². The molecule has 0 aliphatic carbocycles. The largest absolute Gasteiger partial charge is 0.382 e. The van der Waals surface area contributed by atoms with Crippen LogP contribution in [0.25, 0.3) is 0 Å². The van der Waals surface area contributed by atoms with Gasteiger partial charge in [0.25, 0.3) is 0 Å². The number of nitrogens with one attached hydrogen (secondary N) is 1. The molecule has 2 rings (SSSR count). The van der Waals surface area contributed by atoms with Crippen molar-refractivity contribution < 1.29 is 5.11 Å². The van der Waals surface area contributed by atoms with Crippen molar-refractivity contribution in [2.75, 3.05) is 0 Å². The van der Waals surface area contributed by atoms with E-state index in [9.17, 15) is 5.11 Å². The second-order valence-electron chi connectivity index (χ2n) is 3.57. The fourth-order valence-corrected chi connectivity index (χ4v) is 2.26. The minimum atomic E-state index is -0.688. The molecule has 2 N–H and O–H groups in total. The van der Waals surface area contributed by atoms with Crippen LogP contribution in [-0.4, -0.2) is 15.3 Å². The molecule has 1 atom stereocenters. The number of hydrogen-bond acceptors (Lipinski definition) is 2. The normalized spacial score (nSPS) is 12.7. The molecule has 0 amide bonds. The first-order valence-electron chi connectivity index (χ1n) is 5.19. The Labute approximate surface area is 103 Å². The second kappa shape index (κ2) is 4.80. The fourth-order valence-electron chi connectivity index (χ4n) is 1.59. The highest BCUT2D eigenvalue weighted by atomic mass is 79.9. The average molecular weight is 281 g/mol. The molecule has 16 heavy (non-hydrogen) atoms. The molecular formula is C12H13BrN2O. The van der Waals surface area contributed by atoms with Crippen LogP contribution < -0.4 is 0 Å². The van der Waals surface area contributed by atoms with Crippen molar-refractivity contribution in [2.45, 2.75) is 19.4 Å². The quantitative estimate of drug-likeness (QED) is 0.908. The molecule has 1 heterocycles. The third-order valence-electron chi connectivity index (χ3n) is 2.53. The Kier molecular flexibility index (Phi) is 3.41. The lowest BCUT2D eigenvalue weighted by molar-refractivity contribution is 0.214. The summed E-state index contributed by atoms with van der Waals surface area (Å²) in [6.07, 6.45) is 0.168. The van der Waals surface area contributed by atoms with Gasteiger partial charge in [-0.1, -0.05) is 37.3 Å². The zero-order valence-corrected chi connectivity index (χ0v) is 10.5. The molecule has 84 valence electrons. The van der Waals surface area contributed by atoms with E-state index in [0.717, 1.165) is 22.2 Å². The summed E-state index contributed by atoms with van der Waals surface area (Å²) in [5.41, 5.74) is 2.49. The van der Waals surface area contributed by atoms with Crippen molar-refractivity contribution in [1.29, 1.82) is 0 Å². The predicted octanol–water partition coefficient (Wildman–Crippen LogP) is 2.82. The van der Waals surface area contributed by atoms with Crippen LogP contribution in [-0.2, 0) is 6.42 Å². The first-order chi connectivity index (χ1) is 7.74. The van der Waals surface area contributed by atoms with Gasteiger partial charge in [-0.15, -0.1) is 0 Å². The zero-order valence-electron chi connectivity index (χ0n) is 8.94. The minimum Gasteiger partial charge on any atom is -0.382 e. The highest BCUT2D eigenvalue weighted by Gasteiger charge is 2.18. The third kappa shape index (κ3) is 2.03. The third-order valence-corrected chi connectivity index (χ3v) is 3.41. The van der Waals surface area contributed by atoms with Gasteiger partial charge in [-0.05, 0) is 27.9 Å². The van der Waals surface area contributed by atoms with E-state index in [0.29, 0.717) is 5.69 Å². The van der Waals surface area contributed by atoms with Gasteiger partial charge in [-0.25, -0.2) is 0 Å². The van der Waals surface area contributed by atoms with Crippen molar-refractivity contribution in [1.82, 2.24) is 10.2 Å². The van der Waals surface area contributed by atoms with Gasteiger partial charge in [0.2, 0.25) is 0 Å². The van der Waals surface area contributed by atoms with Crippen molar-refractivity contribution in [3.05, 3.63) is 51.8 Å². The molecule has 0 bridgehead atoms. The van der Waals surface area contributed by atoms with Gasteiger partial charge in [0.15, 0.2) is 0 Å². The Morgan fingerprint density at radius 3 is 2.62 bits per heavy atom. The number of halogens is 1. The summed E-state index contributed by atoms with van der Waals surface area (Å²) in [7, 11) is 0. The molecule has 0 aliphatic heterocycles. The number of aryl methyl sites for hydroxylation is 1. The number of benzene rings is 1. The Morgan fingerprint density at radius 1 is 1.38 bits per heavy atom. The van der Waals surface area contributed by atoms with Crippen LogP contribution in [0.5, 0.6) is 0 Å². The predicted molar refractivity (Wildman–Crippen MR) is 66.2 cm³/mol. The van der Waals surface area contributed by atoms with E-state index in [1.165, 1.54) is 0 Å². The zero-order chi connectivity index (χ0) is 11.5. The molecule has 1 unspecified atom stereocenters. The minimum absolute atomic E-state index is 0.642. The van der Waals surface area contributed by atoms with Gasteiger partial charge in [0.05, 0.1) is 4.47 Å². The average Bonchev–Trinajstić information content (AvgIpc) is 2.70. The summed E-state index contributed by atoms with van der Waals surface area (Å²) in [5, 5.41) is 17.2. The van der Waals surface area contributed by atoms with E-state index in [4.69, 9.17) is 0 Å². The first kappa shape index (κ1) is 11.4. The highest BCUT2D eigenvalue weighted by Crippen LogP contribution is 2.28. The molecule has 0 saturated carbocycles. The van der Waals surface area contributed by atoms with Crippen molar-refractivity contribution in [3.63, 3.8) is 0 Å². The summed E-state index contributed by atoms with van der Waals surface area (Å²) < 4.78 is 0.867. The van der Waals surface area contributed by atoms with Gasteiger partial charge in [-0.3, -0.25) is 5.10 Å². The van der Waals surface area contributed by atoms with Gasteiger partial charge >= 0.3 is 0 Å². The van der Waals surface area contributed by atoms with Crippen LogP contribution >= 0.6 is 15.9 Å². The molecule has 4 heteroatoms. The maximum Gasteiger partial charge on any atom is 0.124 e. The number of aliphatic hydroxyl groups excluding tert-OH is 1. The van der Waals surface area contributed by atoms with Crippen molar-refractivity contribution in [3.8, 4) is 0 Å². The Balaban J connectivity index is 2.34. The van der Waals surface area contributed by atoms with Crippen LogP contribution in [0.4, 0.5) is 0 Å². The summed E-state index contributed by atoms with van der Waals surface area (Å²) in [5.74, 6) is 0. The Hall–Kier alpha value is -1.13. The molecule has 3 nitrogen and oxygen atoms in total. The smallest absolute Gasteiger partial charge is 0.124 e. The molecular weight excluding hydrogens is 268 g/mol. The lowest BCUT2D eigenvalue weighted by atomic mass is 10.1. The number of hydrogen-bond donors (Lipinski definition) is 2. The Bertz CT molecular complexity index is 467. The fraction of sp³-hybridized carbons (Fsp3) is 0.250.